The molecule has 2 N–H and O–H groups in total. The van der Waals surface area contributed by atoms with E-state index in [0.29, 0.717) is 13.0 Å². The summed E-state index contributed by atoms with van der Waals surface area (Å²) in [7, 11) is 1.65. The second-order valence-corrected chi connectivity index (χ2v) is 10.9. The Morgan fingerprint density at radius 2 is 1.71 bits per heavy atom. The zero-order valence-electron chi connectivity index (χ0n) is 22.3. The number of methoxy groups -OCH3 is 1. The first-order valence-corrected chi connectivity index (χ1v) is 13.2. The first kappa shape index (κ1) is 25.6. The lowest BCUT2D eigenvalue weighted by Crippen LogP contribution is -2.42. The van der Waals surface area contributed by atoms with Crippen LogP contribution in [0.15, 0.2) is 90.1 Å². The van der Waals surface area contributed by atoms with Crippen LogP contribution in [0.25, 0.3) is 0 Å². The number of benzene rings is 3. The highest BCUT2D eigenvalue weighted by molar-refractivity contribution is 6.01. The maximum absolute atomic E-state index is 13.7. The maximum atomic E-state index is 13.7. The van der Waals surface area contributed by atoms with Crippen LogP contribution < -0.4 is 20.3 Å². The fraction of sp³-hybridized carbons (Fsp3) is 0.312. The first-order valence-electron chi connectivity index (χ1n) is 13.2. The van der Waals surface area contributed by atoms with Gasteiger partial charge in [-0.1, -0.05) is 68.4 Å². The molecule has 3 aromatic carbocycles. The Balaban J connectivity index is 1.45. The molecule has 0 fully saturated rings. The van der Waals surface area contributed by atoms with E-state index >= 15 is 0 Å². The lowest BCUT2D eigenvalue weighted by atomic mass is 9.73. The third-order valence-corrected chi connectivity index (χ3v) is 7.33. The number of rotatable bonds is 7. The van der Waals surface area contributed by atoms with E-state index < -0.39 is 0 Å². The van der Waals surface area contributed by atoms with Gasteiger partial charge < -0.3 is 20.3 Å². The van der Waals surface area contributed by atoms with Crippen LogP contribution in [0, 0.1) is 5.41 Å². The van der Waals surface area contributed by atoms with Gasteiger partial charge in [-0.15, -0.1) is 0 Å². The highest BCUT2D eigenvalue weighted by Gasteiger charge is 2.41. The van der Waals surface area contributed by atoms with Crippen molar-refractivity contribution in [3.05, 3.63) is 101 Å². The monoisotopic (exact) mass is 509 g/mol. The lowest BCUT2D eigenvalue weighted by molar-refractivity contribution is -0.120. The molecule has 1 unspecified atom stereocenters. The summed E-state index contributed by atoms with van der Waals surface area (Å²) in [4.78, 5) is 29.1. The number of Topliss-reactive ketones (excluding diaryl/α,β-unsaturated/α-hetero) is 1. The predicted molar refractivity (Wildman–Crippen MR) is 151 cm³/mol. The average molecular weight is 510 g/mol. The Hall–Kier alpha value is -4.06. The van der Waals surface area contributed by atoms with Crippen molar-refractivity contribution < 1.29 is 14.3 Å². The van der Waals surface area contributed by atoms with Crippen LogP contribution in [0.3, 0.4) is 0 Å². The van der Waals surface area contributed by atoms with Crippen molar-refractivity contribution in [3.8, 4) is 5.75 Å². The number of ether oxygens (including phenoxy) is 1. The molecule has 0 aromatic heterocycles. The number of nitrogens with zero attached hydrogens (tertiary/aromatic N) is 1. The molecule has 1 aliphatic carbocycles. The van der Waals surface area contributed by atoms with Crippen LogP contribution >= 0.6 is 0 Å². The molecule has 3 aromatic rings. The molecule has 1 atom stereocenters. The largest absolute Gasteiger partial charge is 0.497 e. The average Bonchev–Trinajstić information content (AvgIpc) is 3.03. The van der Waals surface area contributed by atoms with Crippen LogP contribution in [0.5, 0.6) is 5.75 Å². The van der Waals surface area contributed by atoms with Crippen LogP contribution in [0.1, 0.15) is 43.9 Å². The van der Waals surface area contributed by atoms with Gasteiger partial charge in [0.05, 0.1) is 31.1 Å². The molecule has 38 heavy (non-hydrogen) atoms. The minimum atomic E-state index is -0.363. The van der Waals surface area contributed by atoms with Crippen LogP contribution in [-0.4, -0.2) is 31.9 Å². The molecule has 0 radical (unpaired) electrons. The molecule has 0 spiro atoms. The molecule has 0 saturated heterocycles. The van der Waals surface area contributed by atoms with Crippen molar-refractivity contribution in [1.82, 2.24) is 5.32 Å². The van der Waals surface area contributed by atoms with E-state index in [-0.39, 0.29) is 29.7 Å². The molecule has 0 bridgehead atoms. The predicted octanol–water partition coefficient (Wildman–Crippen LogP) is 5.67. The van der Waals surface area contributed by atoms with Gasteiger partial charge in [-0.25, -0.2) is 0 Å². The highest BCUT2D eigenvalue weighted by Crippen LogP contribution is 2.48. The van der Waals surface area contributed by atoms with Crippen LogP contribution in [0.2, 0.25) is 0 Å². The van der Waals surface area contributed by atoms with Crippen molar-refractivity contribution in [1.29, 1.82) is 0 Å². The molecule has 1 amide bonds. The normalized spacial score (nSPS) is 18.1. The van der Waals surface area contributed by atoms with Gasteiger partial charge in [0.1, 0.15) is 5.75 Å². The highest BCUT2D eigenvalue weighted by atomic mass is 16.5. The van der Waals surface area contributed by atoms with E-state index in [1.54, 1.807) is 7.11 Å². The maximum Gasteiger partial charge on any atom is 0.239 e. The molecular weight excluding hydrogens is 474 g/mol. The minimum Gasteiger partial charge on any atom is -0.497 e. The minimum absolute atomic E-state index is 0.0816. The molecule has 0 saturated carbocycles. The van der Waals surface area contributed by atoms with Gasteiger partial charge in [0.2, 0.25) is 5.91 Å². The fourth-order valence-corrected chi connectivity index (χ4v) is 5.56. The third-order valence-electron chi connectivity index (χ3n) is 7.33. The Morgan fingerprint density at radius 3 is 2.45 bits per heavy atom. The smallest absolute Gasteiger partial charge is 0.239 e. The number of anilines is 2. The zero-order valence-corrected chi connectivity index (χ0v) is 22.3. The third kappa shape index (κ3) is 5.44. The molecule has 1 heterocycles. The molecule has 196 valence electrons. The molecule has 5 rings (SSSR count). The summed E-state index contributed by atoms with van der Waals surface area (Å²) in [6.45, 7) is 4.93. The summed E-state index contributed by atoms with van der Waals surface area (Å²) in [6, 6.07) is 25.6. The number of hydrogen-bond acceptors (Lipinski definition) is 5. The van der Waals surface area contributed by atoms with E-state index in [4.69, 9.17) is 4.74 Å². The summed E-state index contributed by atoms with van der Waals surface area (Å²) in [5.41, 5.74) is 5.53. The second-order valence-electron chi connectivity index (χ2n) is 10.9. The SMILES string of the molecule is COc1ccc(CCNC(=O)CN2c3ccccc3NC3=C(C(=O)CC(C)(C)C3)C2c2ccccc2)cc1. The second kappa shape index (κ2) is 10.7. The summed E-state index contributed by atoms with van der Waals surface area (Å²) in [5, 5.41) is 6.69. The number of hydrogen-bond donors (Lipinski definition) is 2. The van der Waals surface area contributed by atoms with Gasteiger partial charge in [0, 0.05) is 24.2 Å². The summed E-state index contributed by atoms with van der Waals surface area (Å²) < 4.78 is 5.23. The van der Waals surface area contributed by atoms with Gasteiger partial charge in [0.25, 0.3) is 0 Å². The lowest BCUT2D eigenvalue weighted by Gasteiger charge is -2.37. The van der Waals surface area contributed by atoms with Crippen molar-refractivity contribution in [3.63, 3.8) is 0 Å². The summed E-state index contributed by atoms with van der Waals surface area (Å²) in [5.74, 6) is 0.865. The van der Waals surface area contributed by atoms with Crippen molar-refractivity contribution in [2.24, 2.45) is 5.41 Å². The first-order chi connectivity index (χ1) is 18.3. The number of ketones is 1. The van der Waals surface area contributed by atoms with Crippen LogP contribution in [0.4, 0.5) is 11.4 Å². The standard InChI is InChI=1S/C32H35N3O3/c1-32(2)19-26-30(28(36)20-32)31(23-9-5-4-6-10-23)35(27-12-8-7-11-25(27)34-26)21-29(37)33-18-17-22-13-15-24(38-3)16-14-22/h4-16,31,34H,17-21H2,1-3H3,(H,33,37). The Morgan fingerprint density at radius 1 is 1.00 bits per heavy atom. The molecule has 1 aliphatic heterocycles. The molecular formula is C32H35N3O3. The number of nitrogens with one attached hydrogen (secondary N) is 2. The van der Waals surface area contributed by atoms with E-state index in [2.05, 4.69) is 29.4 Å². The number of carbonyl (C=O) groups is 2. The number of amides is 1. The fourth-order valence-electron chi connectivity index (χ4n) is 5.56. The quantitative estimate of drug-likeness (QED) is 0.429. The van der Waals surface area contributed by atoms with E-state index in [0.717, 1.165) is 52.4 Å². The van der Waals surface area contributed by atoms with Gasteiger partial charge in [-0.05, 0) is 53.6 Å². The van der Waals surface area contributed by atoms with Gasteiger partial charge in [0.15, 0.2) is 5.78 Å². The molecule has 2 aliphatic rings. The number of carbonyl (C=O) groups excluding carboxylic acids is 2. The van der Waals surface area contributed by atoms with Crippen molar-refractivity contribution in [2.75, 3.05) is 30.4 Å². The number of fused-ring (bicyclic) bond motifs is 1. The molecule has 6 heteroatoms. The van der Waals surface area contributed by atoms with Crippen molar-refractivity contribution >= 4 is 23.1 Å². The van der Waals surface area contributed by atoms with E-state index in [1.165, 1.54) is 0 Å². The van der Waals surface area contributed by atoms with Crippen molar-refractivity contribution in [2.45, 2.75) is 39.2 Å². The van der Waals surface area contributed by atoms with Crippen LogP contribution in [-0.2, 0) is 16.0 Å². The Bertz CT molecular complexity index is 1350. The molecule has 6 nitrogen and oxygen atoms in total. The van der Waals surface area contributed by atoms with E-state index in [1.807, 2.05) is 78.9 Å². The topological polar surface area (TPSA) is 70.7 Å². The van der Waals surface area contributed by atoms with Gasteiger partial charge in [-0.2, -0.15) is 0 Å². The number of allylic oxidation sites excluding steroid dienone is 1. The Labute approximate surface area is 224 Å². The Kier molecular flexibility index (Phi) is 7.23. The van der Waals surface area contributed by atoms with Gasteiger partial charge >= 0.3 is 0 Å². The number of para-hydroxylation sites is 2. The van der Waals surface area contributed by atoms with E-state index in [9.17, 15) is 9.59 Å². The summed E-state index contributed by atoms with van der Waals surface area (Å²) >= 11 is 0. The zero-order chi connectivity index (χ0) is 26.7. The van der Waals surface area contributed by atoms with Gasteiger partial charge in [-0.3, -0.25) is 9.59 Å². The summed E-state index contributed by atoms with van der Waals surface area (Å²) in [6.07, 6.45) is 1.97.